The summed E-state index contributed by atoms with van der Waals surface area (Å²) in [6.45, 7) is 9.73. The molecule has 0 radical (unpaired) electrons. The Morgan fingerprint density at radius 3 is 1.57 bits per heavy atom. The molecule has 11 heteroatoms. The minimum absolute atomic E-state index is 0.0610. The van der Waals surface area contributed by atoms with Gasteiger partial charge in [0.25, 0.3) is 0 Å². The molecule has 2 saturated heterocycles. The number of allylic oxidation sites excluding steroid dienone is 1. The van der Waals surface area contributed by atoms with Gasteiger partial charge in [0.2, 0.25) is 23.6 Å². The highest BCUT2D eigenvalue weighted by Crippen LogP contribution is 2.73. The van der Waals surface area contributed by atoms with Crippen LogP contribution in [0.5, 0.6) is 11.5 Å². The largest absolute Gasteiger partial charge is 0.491 e. The normalized spacial score (nSPS) is 29.8. The van der Waals surface area contributed by atoms with Gasteiger partial charge in [-0.2, -0.15) is 0 Å². The summed E-state index contributed by atoms with van der Waals surface area (Å²) in [7, 11) is 0. The Kier molecular flexibility index (Phi) is 8.11. The fourth-order valence-electron chi connectivity index (χ4n) is 8.16. The lowest BCUT2D eigenvalue weighted by molar-refractivity contribution is -0.152. The molecule has 2 unspecified atom stereocenters. The van der Waals surface area contributed by atoms with Crippen molar-refractivity contribution in [2.75, 3.05) is 29.6 Å². The quantitative estimate of drug-likeness (QED) is 0.189. The van der Waals surface area contributed by atoms with Crippen LogP contribution in [0, 0.1) is 29.1 Å². The summed E-state index contributed by atoms with van der Waals surface area (Å²) in [5, 5.41) is 0. The number of alkyl halides is 1. The standard InChI is InChI=1S/C35H37BrN2O8/c1-6-17-45-22-15-11-9-13-20(22)37-29(39)25-27(31(37)41)35(36)19(4)24(33(43)44-8-3)34(25,5)26-28(35)32(42)38(30(26)40)21-14-10-12-16-23(21)46-18-7-2/h9-16,25-28H,6-8,17-18H2,1-5H3/t25-,26+,27-,28-,34?,35?/m1/s1. The first-order valence-electron chi connectivity index (χ1n) is 15.8. The minimum Gasteiger partial charge on any atom is -0.491 e. The molecule has 4 amide bonds. The molecule has 5 aliphatic rings. The number of hydrogen-bond donors (Lipinski definition) is 0. The number of carbonyl (C=O) groups excluding carboxylic acids is 5. The molecule has 1 saturated carbocycles. The van der Waals surface area contributed by atoms with E-state index in [1.807, 2.05) is 13.8 Å². The van der Waals surface area contributed by atoms with E-state index in [4.69, 9.17) is 14.2 Å². The fourth-order valence-corrected chi connectivity index (χ4v) is 9.28. The number of anilines is 2. The maximum atomic E-state index is 14.7. The smallest absolute Gasteiger partial charge is 0.334 e. The van der Waals surface area contributed by atoms with Crippen LogP contribution in [0.25, 0.3) is 0 Å². The van der Waals surface area contributed by atoms with E-state index in [0.29, 0.717) is 43.1 Å². The van der Waals surface area contributed by atoms with Crippen molar-refractivity contribution in [1.29, 1.82) is 0 Å². The highest BCUT2D eigenvalue weighted by Gasteiger charge is 2.82. The topological polar surface area (TPSA) is 120 Å². The summed E-state index contributed by atoms with van der Waals surface area (Å²) in [6.07, 6.45) is 1.43. The summed E-state index contributed by atoms with van der Waals surface area (Å²) >= 11 is 3.83. The van der Waals surface area contributed by atoms with E-state index >= 15 is 0 Å². The summed E-state index contributed by atoms with van der Waals surface area (Å²) < 4.78 is 15.8. The summed E-state index contributed by atoms with van der Waals surface area (Å²) in [6, 6.07) is 13.6. The lowest BCUT2D eigenvalue weighted by atomic mass is 9.43. The number of carbonyl (C=O) groups is 5. The number of halogens is 1. The van der Waals surface area contributed by atoms with Gasteiger partial charge in [-0.1, -0.05) is 61.0 Å². The van der Waals surface area contributed by atoms with Gasteiger partial charge in [-0.05, 0) is 56.5 Å². The first kappa shape index (κ1) is 32.0. The summed E-state index contributed by atoms with van der Waals surface area (Å²) in [5.74, 6) is -6.62. The number of imide groups is 2. The Morgan fingerprint density at radius 2 is 1.15 bits per heavy atom. The Morgan fingerprint density at radius 1 is 0.739 bits per heavy atom. The first-order valence-corrected chi connectivity index (χ1v) is 16.6. The molecule has 2 aromatic carbocycles. The zero-order chi connectivity index (χ0) is 33.1. The third-order valence-electron chi connectivity index (χ3n) is 9.91. The van der Waals surface area contributed by atoms with E-state index in [-0.39, 0.29) is 23.6 Å². The molecule has 7 rings (SSSR count). The molecule has 0 spiro atoms. The van der Waals surface area contributed by atoms with Gasteiger partial charge in [0.05, 0.1) is 59.2 Å². The van der Waals surface area contributed by atoms with Gasteiger partial charge in [-0.25, -0.2) is 14.6 Å². The van der Waals surface area contributed by atoms with Crippen LogP contribution < -0.4 is 19.3 Å². The van der Waals surface area contributed by atoms with Gasteiger partial charge < -0.3 is 14.2 Å². The average molecular weight is 694 g/mol. The average Bonchev–Trinajstić information content (AvgIpc) is 3.47. The first-order chi connectivity index (χ1) is 22.0. The Balaban J connectivity index is 1.55. The second-order valence-corrected chi connectivity index (χ2v) is 13.7. The zero-order valence-corrected chi connectivity index (χ0v) is 28.1. The number of benzene rings is 2. The van der Waals surface area contributed by atoms with Gasteiger partial charge in [0.1, 0.15) is 11.5 Å². The van der Waals surface area contributed by atoms with E-state index < -0.39 is 63.0 Å². The minimum atomic E-state index is -1.55. The highest BCUT2D eigenvalue weighted by atomic mass is 79.9. The second kappa shape index (κ2) is 11.7. The van der Waals surface area contributed by atoms with Gasteiger partial charge in [-0.15, -0.1) is 0 Å². The lowest BCUT2D eigenvalue weighted by Gasteiger charge is -2.59. The Labute approximate surface area is 276 Å². The molecule has 2 aliphatic heterocycles. The van der Waals surface area contributed by atoms with Crippen molar-refractivity contribution in [1.82, 2.24) is 0 Å². The highest BCUT2D eigenvalue weighted by molar-refractivity contribution is 9.10. The van der Waals surface area contributed by atoms with E-state index in [9.17, 15) is 24.0 Å². The molecule has 2 aromatic rings. The van der Waals surface area contributed by atoms with Crippen molar-refractivity contribution < 1.29 is 38.2 Å². The van der Waals surface area contributed by atoms with Gasteiger partial charge >= 0.3 is 5.97 Å². The third kappa shape index (κ3) is 4.16. The Bertz CT molecular complexity index is 1590. The van der Waals surface area contributed by atoms with Crippen molar-refractivity contribution in [3.8, 4) is 11.5 Å². The third-order valence-corrected chi connectivity index (χ3v) is 11.5. The van der Waals surface area contributed by atoms with E-state index in [2.05, 4.69) is 15.9 Å². The molecule has 3 fully saturated rings. The second-order valence-electron chi connectivity index (χ2n) is 12.3. The van der Waals surface area contributed by atoms with Crippen LogP contribution in [-0.4, -0.2) is 53.7 Å². The van der Waals surface area contributed by atoms with Gasteiger partial charge in [-0.3, -0.25) is 19.2 Å². The van der Waals surface area contributed by atoms with Crippen LogP contribution in [0.3, 0.4) is 0 Å². The molecular weight excluding hydrogens is 656 g/mol. The predicted molar refractivity (Wildman–Crippen MR) is 172 cm³/mol. The van der Waals surface area contributed by atoms with Gasteiger partial charge in [0, 0.05) is 11.0 Å². The van der Waals surface area contributed by atoms with Crippen LogP contribution >= 0.6 is 15.9 Å². The monoisotopic (exact) mass is 692 g/mol. The molecule has 0 N–H and O–H groups in total. The van der Waals surface area contributed by atoms with Crippen molar-refractivity contribution in [3.63, 3.8) is 0 Å². The number of amides is 4. The number of esters is 1. The number of nitrogens with zero attached hydrogens (tertiary/aromatic N) is 2. The maximum absolute atomic E-state index is 14.7. The SMILES string of the molecule is CCCOc1ccccc1N1C(=O)[C@@H]2[C@H](C1=O)C1(Br)C(C)=C(C(=O)OCC)C2(C)[C@H]2C(=O)N(c3ccccc3OCCC)C(=O)[C@@H]21. The number of hydrogen-bond acceptors (Lipinski definition) is 8. The van der Waals surface area contributed by atoms with Crippen LogP contribution in [0.1, 0.15) is 47.5 Å². The Hall–Kier alpha value is -3.99. The summed E-state index contributed by atoms with van der Waals surface area (Å²) in [5.41, 5.74) is -0.441. The molecule has 2 bridgehead atoms. The van der Waals surface area contributed by atoms with E-state index in [0.717, 1.165) is 9.80 Å². The van der Waals surface area contributed by atoms with Crippen LogP contribution in [0.15, 0.2) is 59.7 Å². The molecule has 242 valence electrons. The maximum Gasteiger partial charge on any atom is 0.334 e. The number of ether oxygens (including phenoxy) is 3. The van der Waals surface area contributed by atoms with Crippen LogP contribution in [0.2, 0.25) is 0 Å². The van der Waals surface area contributed by atoms with Crippen LogP contribution in [-0.2, 0) is 28.7 Å². The van der Waals surface area contributed by atoms with Crippen molar-refractivity contribution in [3.05, 3.63) is 59.7 Å². The van der Waals surface area contributed by atoms with Crippen molar-refractivity contribution in [2.45, 2.75) is 51.8 Å². The van der Waals surface area contributed by atoms with E-state index in [1.54, 1.807) is 69.3 Å². The van der Waals surface area contributed by atoms with Gasteiger partial charge in [0.15, 0.2) is 0 Å². The van der Waals surface area contributed by atoms with Crippen molar-refractivity contribution in [2.24, 2.45) is 29.1 Å². The predicted octanol–water partition coefficient (Wildman–Crippen LogP) is 5.22. The number of rotatable bonds is 10. The number of para-hydroxylation sites is 4. The molecule has 46 heavy (non-hydrogen) atoms. The lowest BCUT2D eigenvalue weighted by Crippen LogP contribution is -2.67. The molecule has 0 aromatic heterocycles. The fraction of sp³-hybridized carbons (Fsp3) is 0.457. The molecule has 2 heterocycles. The molecule has 6 atom stereocenters. The molecule has 10 nitrogen and oxygen atoms in total. The zero-order valence-electron chi connectivity index (χ0n) is 26.5. The molecular formula is C35H37BrN2O8. The van der Waals surface area contributed by atoms with Crippen LogP contribution in [0.4, 0.5) is 11.4 Å². The molecule has 3 aliphatic carbocycles. The summed E-state index contributed by atoms with van der Waals surface area (Å²) in [4.78, 5) is 74.6. The van der Waals surface area contributed by atoms with E-state index in [1.165, 1.54) is 0 Å². The van der Waals surface area contributed by atoms with Crippen molar-refractivity contribution >= 4 is 56.9 Å².